The maximum Gasteiger partial charge on any atom is 0.416 e. The van der Waals surface area contributed by atoms with Gasteiger partial charge in [-0.2, -0.15) is 13.2 Å². The van der Waals surface area contributed by atoms with Crippen molar-refractivity contribution >= 4 is 32.6 Å². The van der Waals surface area contributed by atoms with Gasteiger partial charge >= 0.3 is 6.18 Å². The van der Waals surface area contributed by atoms with Crippen LogP contribution in [-0.4, -0.2) is 24.6 Å². The zero-order valence-electron chi connectivity index (χ0n) is 13.5. The number of ether oxygens (including phenoxy) is 2. The molecule has 0 aliphatic carbocycles. The van der Waals surface area contributed by atoms with Gasteiger partial charge in [0.15, 0.2) is 11.7 Å². The first-order chi connectivity index (χ1) is 12.3. The molecule has 1 amide bonds. The second kappa shape index (κ2) is 7.20. The SMILES string of the molecule is COc1ccc2nc(NC(=O)COc3ccc(C(F)(F)F)cc3)sc2c1. The molecule has 136 valence electrons. The number of benzene rings is 2. The topological polar surface area (TPSA) is 60.5 Å². The van der Waals surface area contributed by atoms with Crippen LogP contribution in [0.25, 0.3) is 10.2 Å². The molecular weight excluding hydrogens is 369 g/mol. The maximum absolute atomic E-state index is 12.5. The van der Waals surface area contributed by atoms with Crippen molar-refractivity contribution in [2.24, 2.45) is 0 Å². The Labute approximate surface area is 150 Å². The molecule has 0 aliphatic heterocycles. The molecule has 3 aromatic rings. The van der Waals surface area contributed by atoms with Gasteiger partial charge in [0.05, 0.1) is 22.9 Å². The molecule has 0 saturated heterocycles. The number of anilines is 1. The van der Waals surface area contributed by atoms with Gasteiger partial charge in [0.2, 0.25) is 0 Å². The van der Waals surface area contributed by atoms with Gasteiger partial charge < -0.3 is 9.47 Å². The Morgan fingerprint density at radius 2 is 1.85 bits per heavy atom. The number of hydrogen-bond donors (Lipinski definition) is 1. The smallest absolute Gasteiger partial charge is 0.416 e. The first-order valence-electron chi connectivity index (χ1n) is 7.39. The number of thiazole rings is 1. The Hall–Kier alpha value is -2.81. The van der Waals surface area contributed by atoms with Gasteiger partial charge in [-0.25, -0.2) is 4.98 Å². The van der Waals surface area contributed by atoms with Crippen LogP contribution in [0.2, 0.25) is 0 Å². The molecule has 0 bridgehead atoms. The average molecular weight is 382 g/mol. The number of fused-ring (bicyclic) bond motifs is 1. The van der Waals surface area contributed by atoms with E-state index in [-0.39, 0.29) is 12.4 Å². The summed E-state index contributed by atoms with van der Waals surface area (Å²) in [5, 5.41) is 2.99. The van der Waals surface area contributed by atoms with Crippen molar-refractivity contribution in [3.63, 3.8) is 0 Å². The van der Waals surface area contributed by atoms with E-state index >= 15 is 0 Å². The average Bonchev–Trinajstić information content (AvgIpc) is 3.00. The van der Waals surface area contributed by atoms with Crippen LogP contribution in [0.4, 0.5) is 18.3 Å². The number of halogens is 3. The molecule has 0 radical (unpaired) electrons. The van der Waals surface area contributed by atoms with Crippen molar-refractivity contribution in [2.75, 3.05) is 19.0 Å². The lowest BCUT2D eigenvalue weighted by Gasteiger charge is -2.08. The van der Waals surface area contributed by atoms with Crippen molar-refractivity contribution in [2.45, 2.75) is 6.18 Å². The first-order valence-corrected chi connectivity index (χ1v) is 8.21. The fourth-order valence-corrected chi connectivity index (χ4v) is 3.04. The maximum atomic E-state index is 12.5. The number of alkyl halides is 3. The van der Waals surface area contributed by atoms with Crippen molar-refractivity contribution in [1.82, 2.24) is 4.98 Å². The molecule has 0 fully saturated rings. The number of methoxy groups -OCH3 is 1. The number of rotatable bonds is 5. The van der Waals surface area contributed by atoms with Gasteiger partial charge in [0, 0.05) is 0 Å². The molecule has 2 aromatic carbocycles. The lowest BCUT2D eigenvalue weighted by atomic mass is 10.2. The van der Waals surface area contributed by atoms with Gasteiger partial charge in [0.1, 0.15) is 11.5 Å². The van der Waals surface area contributed by atoms with Gasteiger partial charge in [-0.3, -0.25) is 10.1 Å². The molecule has 1 N–H and O–H groups in total. The summed E-state index contributed by atoms with van der Waals surface area (Å²) in [7, 11) is 1.56. The fourth-order valence-electron chi connectivity index (χ4n) is 2.13. The van der Waals surface area contributed by atoms with Crippen molar-refractivity contribution in [1.29, 1.82) is 0 Å². The van der Waals surface area contributed by atoms with E-state index in [1.807, 2.05) is 0 Å². The summed E-state index contributed by atoms with van der Waals surface area (Å²) in [5.74, 6) is 0.391. The summed E-state index contributed by atoms with van der Waals surface area (Å²) in [6.07, 6.45) is -4.41. The van der Waals surface area contributed by atoms with Gasteiger partial charge in [0.25, 0.3) is 5.91 Å². The monoisotopic (exact) mass is 382 g/mol. The lowest BCUT2D eigenvalue weighted by molar-refractivity contribution is -0.137. The number of amides is 1. The number of aromatic nitrogens is 1. The zero-order chi connectivity index (χ0) is 18.7. The normalized spacial score (nSPS) is 11.4. The minimum absolute atomic E-state index is 0.169. The summed E-state index contributed by atoms with van der Waals surface area (Å²) in [4.78, 5) is 16.2. The molecule has 9 heteroatoms. The number of hydrogen-bond acceptors (Lipinski definition) is 5. The van der Waals surface area contributed by atoms with Gasteiger partial charge in [-0.05, 0) is 42.5 Å². The predicted octanol–water partition coefficient (Wildman–Crippen LogP) is 4.34. The highest BCUT2D eigenvalue weighted by Crippen LogP contribution is 2.31. The first kappa shape index (κ1) is 18.0. The fraction of sp³-hybridized carbons (Fsp3) is 0.176. The third kappa shape index (κ3) is 4.23. The van der Waals surface area contributed by atoms with Crippen LogP contribution in [0.1, 0.15) is 5.56 Å². The number of nitrogens with one attached hydrogen (secondary N) is 1. The van der Waals surface area contributed by atoms with E-state index in [4.69, 9.17) is 9.47 Å². The Morgan fingerprint density at radius 3 is 2.50 bits per heavy atom. The summed E-state index contributed by atoms with van der Waals surface area (Å²) in [6, 6.07) is 9.48. The Morgan fingerprint density at radius 1 is 1.15 bits per heavy atom. The van der Waals surface area contributed by atoms with Gasteiger partial charge in [-0.15, -0.1) is 0 Å². The highest BCUT2D eigenvalue weighted by Gasteiger charge is 2.30. The molecule has 1 aromatic heterocycles. The predicted molar refractivity (Wildman–Crippen MR) is 91.7 cm³/mol. The summed E-state index contributed by atoms with van der Waals surface area (Å²) < 4.78 is 48.7. The van der Waals surface area contributed by atoms with Crippen LogP contribution in [0.15, 0.2) is 42.5 Å². The molecule has 26 heavy (non-hydrogen) atoms. The van der Waals surface area contributed by atoms with E-state index in [0.717, 1.165) is 22.3 Å². The second-order valence-electron chi connectivity index (χ2n) is 5.21. The van der Waals surface area contributed by atoms with Gasteiger partial charge in [-0.1, -0.05) is 11.3 Å². The van der Waals surface area contributed by atoms with Crippen LogP contribution in [-0.2, 0) is 11.0 Å². The van der Waals surface area contributed by atoms with Crippen molar-refractivity contribution < 1.29 is 27.4 Å². The molecular formula is C17H13F3N2O3S. The molecule has 0 atom stereocenters. The standard InChI is InChI=1S/C17H13F3N2O3S/c1-24-12-6-7-13-14(8-12)26-16(21-13)22-15(23)9-25-11-4-2-10(3-5-11)17(18,19)20/h2-8H,9H2,1H3,(H,21,22,23). The zero-order valence-corrected chi connectivity index (χ0v) is 14.3. The number of carbonyl (C=O) groups excluding carboxylic acids is 1. The number of nitrogens with zero attached hydrogens (tertiary/aromatic N) is 1. The molecule has 3 rings (SSSR count). The van der Waals surface area contributed by atoms with Crippen LogP contribution < -0.4 is 14.8 Å². The number of carbonyl (C=O) groups is 1. The quantitative estimate of drug-likeness (QED) is 0.713. The van der Waals surface area contributed by atoms with E-state index in [1.165, 1.54) is 23.5 Å². The largest absolute Gasteiger partial charge is 0.497 e. The highest BCUT2D eigenvalue weighted by molar-refractivity contribution is 7.22. The van der Waals surface area contributed by atoms with E-state index in [9.17, 15) is 18.0 Å². The molecule has 5 nitrogen and oxygen atoms in total. The molecule has 0 saturated carbocycles. The Balaban J connectivity index is 1.59. The third-order valence-corrected chi connectivity index (χ3v) is 4.33. The second-order valence-corrected chi connectivity index (χ2v) is 6.24. The molecule has 0 aliphatic rings. The molecule has 0 spiro atoms. The third-order valence-electron chi connectivity index (χ3n) is 3.39. The van der Waals surface area contributed by atoms with E-state index in [1.54, 1.807) is 25.3 Å². The lowest BCUT2D eigenvalue weighted by Crippen LogP contribution is -2.20. The summed E-state index contributed by atoms with van der Waals surface area (Å²) >= 11 is 1.28. The summed E-state index contributed by atoms with van der Waals surface area (Å²) in [6.45, 7) is -0.343. The Kier molecular flexibility index (Phi) is 4.99. The van der Waals surface area contributed by atoms with E-state index < -0.39 is 17.6 Å². The highest BCUT2D eigenvalue weighted by atomic mass is 32.1. The van der Waals surface area contributed by atoms with Crippen molar-refractivity contribution in [3.8, 4) is 11.5 Å². The minimum Gasteiger partial charge on any atom is -0.497 e. The molecule has 1 heterocycles. The van der Waals surface area contributed by atoms with E-state index in [2.05, 4.69) is 10.3 Å². The Bertz CT molecular complexity index is 923. The molecule has 0 unspecified atom stereocenters. The summed E-state index contributed by atoms with van der Waals surface area (Å²) in [5.41, 5.74) is -0.0611. The van der Waals surface area contributed by atoms with Crippen LogP contribution >= 0.6 is 11.3 Å². The van der Waals surface area contributed by atoms with Crippen LogP contribution in [0, 0.1) is 0 Å². The van der Waals surface area contributed by atoms with Crippen LogP contribution in [0.5, 0.6) is 11.5 Å². The minimum atomic E-state index is -4.41. The van der Waals surface area contributed by atoms with E-state index in [0.29, 0.717) is 10.9 Å². The van der Waals surface area contributed by atoms with Crippen LogP contribution in [0.3, 0.4) is 0 Å². The van der Waals surface area contributed by atoms with Crippen molar-refractivity contribution in [3.05, 3.63) is 48.0 Å².